The molecular weight excluding hydrogens is 276 g/mol. The van der Waals surface area contributed by atoms with Gasteiger partial charge in [0.05, 0.1) is 28.1 Å². The Kier molecular flexibility index (Phi) is 2.94. The fourth-order valence-electron chi connectivity index (χ4n) is 2.99. The van der Waals surface area contributed by atoms with Crippen molar-refractivity contribution in [2.75, 3.05) is 36.1 Å². The van der Waals surface area contributed by atoms with Gasteiger partial charge in [0.15, 0.2) is 0 Å². The monoisotopic (exact) mass is 292 g/mol. The normalized spacial score (nSPS) is 27.5. The average molecular weight is 292 g/mol. The van der Waals surface area contributed by atoms with E-state index in [1.165, 1.54) is 22.6 Å². The second-order valence-corrected chi connectivity index (χ2v) is 7.24. The van der Waals surface area contributed by atoms with E-state index in [4.69, 9.17) is 4.74 Å². The Morgan fingerprint density at radius 3 is 3.26 bits per heavy atom. The summed E-state index contributed by atoms with van der Waals surface area (Å²) in [5, 5.41) is 2.13. The summed E-state index contributed by atoms with van der Waals surface area (Å²) in [7, 11) is 0. The number of hydrogen-bond acceptors (Lipinski definition) is 5. The molecule has 5 heteroatoms. The molecule has 0 radical (unpaired) electrons. The number of morpholine rings is 1. The Bertz CT molecular complexity index is 592. The zero-order valence-electron chi connectivity index (χ0n) is 10.7. The molecule has 0 amide bonds. The molecule has 2 aliphatic heterocycles. The number of anilines is 1. The van der Waals surface area contributed by atoms with Crippen LogP contribution in [0.3, 0.4) is 0 Å². The molecule has 2 saturated heterocycles. The van der Waals surface area contributed by atoms with Crippen molar-refractivity contribution in [2.24, 2.45) is 0 Å². The number of nitrogens with zero attached hydrogens (tertiary/aromatic N) is 2. The number of ether oxygens (including phenoxy) is 1. The molecule has 2 aliphatic rings. The van der Waals surface area contributed by atoms with Crippen LogP contribution in [0.25, 0.3) is 10.2 Å². The van der Waals surface area contributed by atoms with Crippen LogP contribution in [-0.2, 0) is 4.74 Å². The SMILES string of the molecule is c1cc(N2CCOC3(CCSC3)C2)c2sccc2n1. The maximum atomic E-state index is 6.10. The van der Waals surface area contributed by atoms with Crippen LogP contribution in [0.5, 0.6) is 0 Å². The van der Waals surface area contributed by atoms with Gasteiger partial charge in [-0.15, -0.1) is 11.3 Å². The molecule has 1 atom stereocenters. The lowest BCUT2D eigenvalue weighted by atomic mass is 10.0. The largest absolute Gasteiger partial charge is 0.370 e. The van der Waals surface area contributed by atoms with Gasteiger partial charge in [-0.25, -0.2) is 0 Å². The highest BCUT2D eigenvalue weighted by molar-refractivity contribution is 7.99. The van der Waals surface area contributed by atoms with Crippen LogP contribution in [0.1, 0.15) is 6.42 Å². The van der Waals surface area contributed by atoms with Crippen LogP contribution >= 0.6 is 23.1 Å². The molecule has 100 valence electrons. The first-order valence-electron chi connectivity index (χ1n) is 6.65. The number of thioether (sulfide) groups is 1. The zero-order chi connectivity index (χ0) is 12.7. The highest BCUT2D eigenvalue weighted by Gasteiger charge is 2.40. The Balaban J connectivity index is 1.70. The highest BCUT2D eigenvalue weighted by Crippen LogP contribution is 2.37. The molecule has 1 unspecified atom stereocenters. The molecule has 4 heterocycles. The first-order chi connectivity index (χ1) is 9.36. The summed E-state index contributed by atoms with van der Waals surface area (Å²) in [5.74, 6) is 2.38. The zero-order valence-corrected chi connectivity index (χ0v) is 12.3. The Morgan fingerprint density at radius 1 is 1.37 bits per heavy atom. The van der Waals surface area contributed by atoms with Gasteiger partial charge in [0, 0.05) is 25.0 Å². The van der Waals surface area contributed by atoms with Crippen LogP contribution < -0.4 is 4.90 Å². The molecule has 0 aliphatic carbocycles. The van der Waals surface area contributed by atoms with Crippen LogP contribution in [0.4, 0.5) is 5.69 Å². The average Bonchev–Trinajstić information content (AvgIpc) is 3.07. The van der Waals surface area contributed by atoms with Crippen molar-refractivity contribution in [3.63, 3.8) is 0 Å². The van der Waals surface area contributed by atoms with Crippen LogP contribution in [0.2, 0.25) is 0 Å². The molecule has 0 N–H and O–H groups in total. The number of fused-ring (bicyclic) bond motifs is 1. The summed E-state index contributed by atoms with van der Waals surface area (Å²) >= 11 is 3.81. The van der Waals surface area contributed by atoms with Gasteiger partial charge in [0.1, 0.15) is 0 Å². The number of aromatic nitrogens is 1. The van der Waals surface area contributed by atoms with E-state index in [0.29, 0.717) is 0 Å². The Hall–Kier alpha value is -0.780. The maximum absolute atomic E-state index is 6.10. The van der Waals surface area contributed by atoms with Gasteiger partial charge in [0.2, 0.25) is 0 Å². The van der Waals surface area contributed by atoms with Crippen molar-refractivity contribution in [3.05, 3.63) is 23.7 Å². The minimum atomic E-state index is 0.0930. The smallest absolute Gasteiger partial charge is 0.0954 e. The van der Waals surface area contributed by atoms with Crippen LogP contribution in [0.15, 0.2) is 23.7 Å². The highest BCUT2D eigenvalue weighted by atomic mass is 32.2. The van der Waals surface area contributed by atoms with Crippen molar-refractivity contribution in [2.45, 2.75) is 12.0 Å². The number of hydrogen-bond donors (Lipinski definition) is 0. The van der Waals surface area contributed by atoms with Gasteiger partial charge in [0.25, 0.3) is 0 Å². The van der Waals surface area contributed by atoms with Crippen molar-refractivity contribution in [1.82, 2.24) is 4.98 Å². The number of rotatable bonds is 1. The fourth-order valence-corrected chi connectivity index (χ4v) is 5.23. The molecule has 0 bridgehead atoms. The molecule has 0 aromatic carbocycles. The van der Waals surface area contributed by atoms with Gasteiger partial charge < -0.3 is 9.64 Å². The molecule has 19 heavy (non-hydrogen) atoms. The second kappa shape index (κ2) is 4.65. The van der Waals surface area contributed by atoms with Crippen LogP contribution in [0, 0.1) is 0 Å². The van der Waals surface area contributed by atoms with Crippen molar-refractivity contribution in [1.29, 1.82) is 0 Å². The number of pyridine rings is 1. The Morgan fingerprint density at radius 2 is 2.37 bits per heavy atom. The molecule has 4 rings (SSSR count). The third-order valence-corrected chi connectivity index (χ3v) is 6.13. The van der Waals surface area contributed by atoms with Gasteiger partial charge in [-0.05, 0) is 29.7 Å². The summed E-state index contributed by atoms with van der Waals surface area (Å²) < 4.78 is 7.41. The predicted octanol–water partition coefficient (Wildman–Crippen LogP) is 3.01. The van der Waals surface area contributed by atoms with Crippen molar-refractivity contribution in [3.8, 4) is 0 Å². The lowest BCUT2D eigenvalue weighted by molar-refractivity contribution is -0.0355. The summed E-state index contributed by atoms with van der Waals surface area (Å²) in [6.07, 6.45) is 3.11. The minimum absolute atomic E-state index is 0.0930. The van der Waals surface area contributed by atoms with E-state index in [1.807, 2.05) is 18.0 Å². The minimum Gasteiger partial charge on any atom is -0.370 e. The van der Waals surface area contributed by atoms with Crippen molar-refractivity contribution < 1.29 is 4.74 Å². The summed E-state index contributed by atoms with van der Waals surface area (Å²) in [6.45, 7) is 2.86. The molecule has 1 spiro atoms. The molecule has 2 aromatic rings. The third-order valence-electron chi connectivity index (χ3n) is 3.98. The summed E-state index contributed by atoms with van der Waals surface area (Å²) in [4.78, 5) is 6.93. The molecule has 3 nitrogen and oxygen atoms in total. The number of thiophene rings is 1. The van der Waals surface area contributed by atoms with E-state index in [9.17, 15) is 0 Å². The Labute approximate surface area is 121 Å². The molecule has 0 saturated carbocycles. The molecular formula is C14H16N2OS2. The van der Waals surface area contributed by atoms with Gasteiger partial charge >= 0.3 is 0 Å². The molecule has 2 aromatic heterocycles. The van der Waals surface area contributed by atoms with E-state index >= 15 is 0 Å². The van der Waals surface area contributed by atoms with Gasteiger partial charge in [-0.3, -0.25) is 4.98 Å². The van der Waals surface area contributed by atoms with Gasteiger partial charge in [-0.1, -0.05) is 0 Å². The predicted molar refractivity (Wildman–Crippen MR) is 82.5 cm³/mol. The topological polar surface area (TPSA) is 25.4 Å². The van der Waals surface area contributed by atoms with Crippen molar-refractivity contribution >= 4 is 39.0 Å². The fraction of sp³-hybridized carbons (Fsp3) is 0.500. The van der Waals surface area contributed by atoms with E-state index in [0.717, 1.165) is 31.0 Å². The summed E-state index contributed by atoms with van der Waals surface area (Å²) in [5.41, 5.74) is 2.54. The van der Waals surface area contributed by atoms with E-state index < -0.39 is 0 Å². The first kappa shape index (κ1) is 12.0. The lowest BCUT2D eigenvalue weighted by Crippen LogP contribution is -2.52. The molecule has 2 fully saturated rings. The van der Waals surface area contributed by atoms with E-state index in [-0.39, 0.29) is 5.60 Å². The third kappa shape index (κ3) is 2.04. The van der Waals surface area contributed by atoms with Gasteiger partial charge in [-0.2, -0.15) is 11.8 Å². The lowest BCUT2D eigenvalue weighted by Gasteiger charge is -2.41. The standard InChI is InChI=1S/C14H16N2OS2/c1-4-15-11-2-7-19-13(11)12(1)16-5-6-17-14(9-16)3-8-18-10-14/h1-2,4,7H,3,5-6,8-10H2. The second-order valence-electron chi connectivity index (χ2n) is 5.22. The first-order valence-corrected chi connectivity index (χ1v) is 8.69. The van der Waals surface area contributed by atoms with Crippen LogP contribution in [-0.4, -0.2) is 41.8 Å². The quantitative estimate of drug-likeness (QED) is 0.807. The van der Waals surface area contributed by atoms with E-state index in [2.05, 4.69) is 27.4 Å². The van der Waals surface area contributed by atoms with E-state index in [1.54, 1.807) is 11.3 Å². The maximum Gasteiger partial charge on any atom is 0.0954 e. The summed E-state index contributed by atoms with van der Waals surface area (Å²) in [6, 6.07) is 4.26.